The van der Waals surface area contributed by atoms with Crippen LogP contribution in [0, 0.1) is 0 Å². The first-order chi connectivity index (χ1) is 6.65. The third-order valence-electron chi connectivity index (χ3n) is 2.06. The number of benzene rings is 1. The Bertz CT molecular complexity index is 320. The molecule has 1 aromatic carbocycles. The lowest BCUT2D eigenvalue weighted by Gasteiger charge is -2.12. The molecule has 0 fully saturated rings. The molecule has 0 aromatic heterocycles. The molecule has 2 N–H and O–H groups in total. The first kappa shape index (κ1) is 10.8. The molecule has 1 unspecified atom stereocenters. The molecule has 1 rings (SSSR count). The standard InChI is InChI=1S/C12H17NO/c1-4-14-11-7-5-6-10(8-11)12(13)9(2)3/h5-8,12H,2,4,13H2,1,3H3. The fourth-order valence-corrected chi connectivity index (χ4v) is 1.25. The normalized spacial score (nSPS) is 12.2. The van der Waals surface area contributed by atoms with Crippen molar-refractivity contribution < 1.29 is 4.74 Å². The third kappa shape index (κ3) is 2.60. The van der Waals surface area contributed by atoms with Crippen LogP contribution in [-0.4, -0.2) is 6.61 Å². The van der Waals surface area contributed by atoms with Gasteiger partial charge in [-0.3, -0.25) is 0 Å². The summed E-state index contributed by atoms with van der Waals surface area (Å²) in [7, 11) is 0. The van der Waals surface area contributed by atoms with Crippen LogP contribution in [0.5, 0.6) is 5.75 Å². The van der Waals surface area contributed by atoms with Gasteiger partial charge in [-0.05, 0) is 31.5 Å². The monoisotopic (exact) mass is 191 g/mol. The predicted octanol–water partition coefficient (Wildman–Crippen LogP) is 2.66. The van der Waals surface area contributed by atoms with Crippen LogP contribution in [0.4, 0.5) is 0 Å². The second-order valence-electron chi connectivity index (χ2n) is 3.33. The molecule has 0 saturated heterocycles. The van der Waals surface area contributed by atoms with Gasteiger partial charge in [0.15, 0.2) is 0 Å². The van der Waals surface area contributed by atoms with Crippen LogP contribution >= 0.6 is 0 Å². The minimum Gasteiger partial charge on any atom is -0.494 e. The molecule has 0 amide bonds. The van der Waals surface area contributed by atoms with Crippen LogP contribution in [0.25, 0.3) is 0 Å². The molecule has 0 aliphatic rings. The molecule has 0 spiro atoms. The van der Waals surface area contributed by atoms with Crippen molar-refractivity contribution in [1.82, 2.24) is 0 Å². The van der Waals surface area contributed by atoms with Gasteiger partial charge in [-0.1, -0.05) is 24.3 Å². The first-order valence-corrected chi connectivity index (χ1v) is 4.79. The molecule has 0 aliphatic carbocycles. The molecule has 14 heavy (non-hydrogen) atoms. The Hall–Kier alpha value is -1.28. The zero-order valence-electron chi connectivity index (χ0n) is 8.79. The largest absolute Gasteiger partial charge is 0.494 e. The molecule has 0 heterocycles. The highest BCUT2D eigenvalue weighted by atomic mass is 16.5. The van der Waals surface area contributed by atoms with Gasteiger partial charge in [-0.15, -0.1) is 0 Å². The molecule has 0 aliphatic heterocycles. The van der Waals surface area contributed by atoms with Crippen LogP contribution in [0.15, 0.2) is 36.4 Å². The Morgan fingerprint density at radius 3 is 2.86 bits per heavy atom. The third-order valence-corrected chi connectivity index (χ3v) is 2.06. The van der Waals surface area contributed by atoms with Crippen molar-refractivity contribution >= 4 is 0 Å². The van der Waals surface area contributed by atoms with E-state index in [1.54, 1.807) is 0 Å². The Kier molecular flexibility index (Phi) is 3.72. The number of hydrogen-bond donors (Lipinski definition) is 1. The second-order valence-corrected chi connectivity index (χ2v) is 3.33. The maximum Gasteiger partial charge on any atom is 0.119 e. The highest BCUT2D eigenvalue weighted by Crippen LogP contribution is 2.21. The van der Waals surface area contributed by atoms with Crippen molar-refractivity contribution in [2.75, 3.05) is 6.61 Å². The van der Waals surface area contributed by atoms with Crippen LogP contribution in [0.1, 0.15) is 25.5 Å². The van der Waals surface area contributed by atoms with Crippen molar-refractivity contribution in [3.63, 3.8) is 0 Å². The van der Waals surface area contributed by atoms with E-state index in [-0.39, 0.29) is 6.04 Å². The van der Waals surface area contributed by atoms with Crippen molar-refractivity contribution in [1.29, 1.82) is 0 Å². The molecule has 0 radical (unpaired) electrons. The minimum atomic E-state index is -0.101. The second kappa shape index (κ2) is 4.82. The summed E-state index contributed by atoms with van der Waals surface area (Å²) in [6.45, 7) is 8.41. The van der Waals surface area contributed by atoms with Crippen molar-refractivity contribution in [3.05, 3.63) is 42.0 Å². The lowest BCUT2D eigenvalue weighted by Crippen LogP contribution is -2.10. The van der Waals surface area contributed by atoms with Gasteiger partial charge in [0.25, 0.3) is 0 Å². The van der Waals surface area contributed by atoms with Crippen molar-refractivity contribution in [3.8, 4) is 5.75 Å². The average molecular weight is 191 g/mol. The summed E-state index contributed by atoms with van der Waals surface area (Å²) < 4.78 is 5.39. The summed E-state index contributed by atoms with van der Waals surface area (Å²) in [4.78, 5) is 0. The lowest BCUT2D eigenvalue weighted by molar-refractivity contribution is 0.340. The molecule has 1 atom stereocenters. The zero-order chi connectivity index (χ0) is 10.6. The van der Waals surface area contributed by atoms with E-state index in [1.165, 1.54) is 0 Å². The summed E-state index contributed by atoms with van der Waals surface area (Å²) in [5.74, 6) is 0.863. The van der Waals surface area contributed by atoms with Gasteiger partial charge in [0, 0.05) is 0 Å². The number of ether oxygens (including phenoxy) is 1. The molecular formula is C12H17NO. The lowest BCUT2D eigenvalue weighted by atomic mass is 10.0. The van der Waals surface area contributed by atoms with Gasteiger partial charge in [0.2, 0.25) is 0 Å². The molecule has 2 heteroatoms. The Labute approximate surface area is 85.4 Å². The maximum absolute atomic E-state index is 5.95. The van der Waals surface area contributed by atoms with Crippen LogP contribution in [0.3, 0.4) is 0 Å². The van der Waals surface area contributed by atoms with E-state index in [9.17, 15) is 0 Å². The summed E-state index contributed by atoms with van der Waals surface area (Å²) in [5.41, 5.74) is 7.95. The van der Waals surface area contributed by atoms with Gasteiger partial charge in [0.05, 0.1) is 12.6 Å². The average Bonchev–Trinajstić information content (AvgIpc) is 2.17. The molecule has 1 aromatic rings. The van der Waals surface area contributed by atoms with E-state index in [0.29, 0.717) is 6.61 Å². The summed E-state index contributed by atoms with van der Waals surface area (Å²) in [6.07, 6.45) is 0. The fraction of sp³-hybridized carbons (Fsp3) is 0.333. The highest BCUT2D eigenvalue weighted by Gasteiger charge is 2.06. The van der Waals surface area contributed by atoms with Gasteiger partial charge in [-0.25, -0.2) is 0 Å². The van der Waals surface area contributed by atoms with E-state index in [0.717, 1.165) is 16.9 Å². The van der Waals surface area contributed by atoms with Crippen LogP contribution in [0.2, 0.25) is 0 Å². The van der Waals surface area contributed by atoms with Gasteiger partial charge >= 0.3 is 0 Å². The van der Waals surface area contributed by atoms with Crippen LogP contribution in [-0.2, 0) is 0 Å². The summed E-state index contributed by atoms with van der Waals surface area (Å²) in [5, 5.41) is 0. The van der Waals surface area contributed by atoms with E-state index < -0.39 is 0 Å². The molecular weight excluding hydrogens is 174 g/mol. The number of hydrogen-bond acceptors (Lipinski definition) is 2. The summed E-state index contributed by atoms with van der Waals surface area (Å²) >= 11 is 0. The maximum atomic E-state index is 5.95. The van der Waals surface area contributed by atoms with Gasteiger partial charge in [-0.2, -0.15) is 0 Å². The van der Waals surface area contributed by atoms with E-state index in [4.69, 9.17) is 10.5 Å². The quantitative estimate of drug-likeness (QED) is 0.742. The Balaban J connectivity index is 2.87. The Morgan fingerprint density at radius 2 is 2.29 bits per heavy atom. The smallest absolute Gasteiger partial charge is 0.119 e. The Morgan fingerprint density at radius 1 is 1.57 bits per heavy atom. The first-order valence-electron chi connectivity index (χ1n) is 4.79. The molecule has 2 nitrogen and oxygen atoms in total. The number of nitrogens with two attached hydrogens (primary N) is 1. The topological polar surface area (TPSA) is 35.2 Å². The number of rotatable bonds is 4. The van der Waals surface area contributed by atoms with Gasteiger partial charge < -0.3 is 10.5 Å². The predicted molar refractivity (Wildman–Crippen MR) is 59.4 cm³/mol. The van der Waals surface area contributed by atoms with Gasteiger partial charge in [0.1, 0.15) is 5.75 Å². The SMILES string of the molecule is C=C(C)C(N)c1cccc(OCC)c1. The molecule has 0 saturated carbocycles. The zero-order valence-corrected chi connectivity index (χ0v) is 8.79. The molecule has 0 bridgehead atoms. The van der Waals surface area contributed by atoms with E-state index in [2.05, 4.69) is 6.58 Å². The van der Waals surface area contributed by atoms with E-state index in [1.807, 2.05) is 38.1 Å². The summed E-state index contributed by atoms with van der Waals surface area (Å²) in [6, 6.07) is 7.72. The van der Waals surface area contributed by atoms with E-state index >= 15 is 0 Å². The molecule has 76 valence electrons. The van der Waals surface area contributed by atoms with Crippen molar-refractivity contribution in [2.45, 2.75) is 19.9 Å². The highest BCUT2D eigenvalue weighted by molar-refractivity contribution is 5.33. The fourth-order valence-electron chi connectivity index (χ4n) is 1.25. The van der Waals surface area contributed by atoms with Crippen LogP contribution < -0.4 is 10.5 Å². The minimum absolute atomic E-state index is 0.101. The van der Waals surface area contributed by atoms with Crippen molar-refractivity contribution in [2.24, 2.45) is 5.73 Å².